The fraction of sp³-hybridized carbons (Fsp3) is 0.409. The van der Waals surface area contributed by atoms with E-state index in [2.05, 4.69) is 4.72 Å². The number of alkyl halides is 3. The Bertz CT molecular complexity index is 1170. The average molecular weight is 520 g/mol. The lowest BCUT2D eigenvalue weighted by molar-refractivity contribution is -0.137. The highest BCUT2D eigenvalue weighted by Crippen LogP contribution is 2.33. The van der Waals surface area contributed by atoms with Crippen LogP contribution in [0.4, 0.5) is 23.2 Å². The zero-order valence-electron chi connectivity index (χ0n) is 19.1. The zero-order valence-corrected chi connectivity index (χ0v) is 19.9. The Morgan fingerprint density at radius 2 is 1.74 bits per heavy atom. The van der Waals surface area contributed by atoms with Crippen LogP contribution in [-0.4, -0.2) is 72.8 Å². The van der Waals surface area contributed by atoms with Crippen LogP contribution in [0.5, 0.6) is 5.75 Å². The molecule has 0 radical (unpaired) electrons. The number of carbonyl (C=O) groups is 1. The summed E-state index contributed by atoms with van der Waals surface area (Å²) >= 11 is 0. The van der Waals surface area contributed by atoms with Crippen molar-refractivity contribution in [2.75, 3.05) is 58.5 Å². The summed E-state index contributed by atoms with van der Waals surface area (Å²) in [6.45, 7) is 1.06. The van der Waals surface area contributed by atoms with Gasteiger partial charge in [-0.15, -0.1) is 0 Å². The largest absolute Gasteiger partial charge is 0.495 e. The molecule has 192 valence electrons. The van der Waals surface area contributed by atoms with Crippen LogP contribution >= 0.6 is 0 Å². The Kier molecular flexibility index (Phi) is 8.23. The molecule has 1 heterocycles. The van der Waals surface area contributed by atoms with Gasteiger partial charge in [-0.05, 0) is 36.4 Å². The van der Waals surface area contributed by atoms with E-state index in [-0.39, 0.29) is 44.2 Å². The lowest BCUT2D eigenvalue weighted by Crippen LogP contribution is -2.49. The van der Waals surface area contributed by atoms with Gasteiger partial charge in [-0.1, -0.05) is 0 Å². The van der Waals surface area contributed by atoms with E-state index < -0.39 is 39.1 Å². The molecule has 1 fully saturated rings. The van der Waals surface area contributed by atoms with Crippen molar-refractivity contribution in [3.05, 3.63) is 53.3 Å². The van der Waals surface area contributed by atoms with Crippen LogP contribution < -0.4 is 14.4 Å². The Morgan fingerprint density at radius 1 is 1.06 bits per heavy atom. The number of methoxy groups -OCH3 is 2. The lowest BCUT2D eigenvalue weighted by Gasteiger charge is -2.37. The third-order valence-electron chi connectivity index (χ3n) is 5.44. The molecule has 3 rings (SSSR count). The molecule has 1 saturated heterocycles. The third-order valence-corrected chi connectivity index (χ3v) is 6.90. The number of carbonyl (C=O) groups excluding carboxylic acids is 1. The predicted molar refractivity (Wildman–Crippen MR) is 120 cm³/mol. The minimum absolute atomic E-state index is 0.0161. The first-order valence-corrected chi connectivity index (χ1v) is 12.0. The molecule has 35 heavy (non-hydrogen) atoms. The topological polar surface area (TPSA) is 88.2 Å². The normalized spacial score (nSPS) is 14.8. The Labute approximate surface area is 200 Å². The molecule has 0 saturated carbocycles. The van der Waals surface area contributed by atoms with Crippen LogP contribution in [0, 0.1) is 5.82 Å². The van der Waals surface area contributed by atoms with Crippen LogP contribution in [0.3, 0.4) is 0 Å². The molecular weight excluding hydrogens is 494 g/mol. The van der Waals surface area contributed by atoms with E-state index >= 15 is 0 Å². The summed E-state index contributed by atoms with van der Waals surface area (Å²) in [7, 11) is -0.915. The number of hydrogen-bond donors (Lipinski definition) is 1. The van der Waals surface area contributed by atoms with Gasteiger partial charge in [-0.3, -0.25) is 4.79 Å². The standard InChI is InChI=1S/C22H25F4N3O5S/c1-33-10-5-27-35(31,32)18-3-4-20(34-2)19(14-18)28-6-8-29(9-7-28)21(30)15-11-16(22(24,25)26)13-17(23)12-15/h3-4,11-14,27H,5-10H2,1-2H3. The van der Waals surface area contributed by atoms with E-state index in [1.165, 1.54) is 37.3 Å². The quantitative estimate of drug-likeness (QED) is 0.426. The number of amides is 1. The van der Waals surface area contributed by atoms with Crippen molar-refractivity contribution < 1.29 is 40.2 Å². The van der Waals surface area contributed by atoms with Crippen LogP contribution in [0.25, 0.3) is 0 Å². The minimum Gasteiger partial charge on any atom is -0.495 e. The van der Waals surface area contributed by atoms with E-state index in [0.717, 1.165) is 6.07 Å². The van der Waals surface area contributed by atoms with Crippen molar-refractivity contribution in [1.82, 2.24) is 9.62 Å². The maximum Gasteiger partial charge on any atom is 0.416 e. The summed E-state index contributed by atoms with van der Waals surface area (Å²) in [5, 5.41) is 0. The van der Waals surface area contributed by atoms with E-state index in [0.29, 0.717) is 23.6 Å². The predicted octanol–water partition coefficient (Wildman–Crippen LogP) is 2.74. The second kappa shape index (κ2) is 10.8. The minimum atomic E-state index is -4.78. The molecule has 1 aliphatic rings. The maximum absolute atomic E-state index is 13.7. The number of sulfonamides is 1. The molecule has 0 aromatic heterocycles. The summed E-state index contributed by atoms with van der Waals surface area (Å²) in [5.41, 5.74) is -1.14. The van der Waals surface area contributed by atoms with Gasteiger partial charge in [0.15, 0.2) is 0 Å². The molecule has 2 aromatic carbocycles. The SMILES string of the molecule is COCCNS(=O)(=O)c1ccc(OC)c(N2CCN(C(=O)c3cc(F)cc(C(F)(F)F)c3)CC2)c1. The molecule has 1 aliphatic heterocycles. The molecule has 0 unspecified atom stereocenters. The number of ether oxygens (including phenoxy) is 2. The summed E-state index contributed by atoms with van der Waals surface area (Å²) in [4.78, 5) is 15.9. The van der Waals surface area contributed by atoms with E-state index in [9.17, 15) is 30.8 Å². The maximum atomic E-state index is 13.7. The van der Waals surface area contributed by atoms with Gasteiger partial charge in [-0.25, -0.2) is 17.5 Å². The highest BCUT2D eigenvalue weighted by Gasteiger charge is 2.33. The Hall–Kier alpha value is -2.90. The molecule has 1 amide bonds. The number of hydrogen-bond acceptors (Lipinski definition) is 6. The van der Waals surface area contributed by atoms with E-state index in [1.807, 2.05) is 4.90 Å². The van der Waals surface area contributed by atoms with Gasteiger partial charge in [0.2, 0.25) is 10.0 Å². The number of benzene rings is 2. The van der Waals surface area contributed by atoms with Crippen molar-refractivity contribution in [2.24, 2.45) is 0 Å². The van der Waals surface area contributed by atoms with Crippen molar-refractivity contribution >= 4 is 21.6 Å². The number of halogens is 4. The molecule has 0 bridgehead atoms. The van der Waals surface area contributed by atoms with Crippen molar-refractivity contribution in [2.45, 2.75) is 11.1 Å². The summed E-state index contributed by atoms with van der Waals surface area (Å²) < 4.78 is 90.5. The summed E-state index contributed by atoms with van der Waals surface area (Å²) in [5.74, 6) is -1.45. The Balaban J connectivity index is 1.76. The van der Waals surface area contributed by atoms with Gasteiger partial charge in [0.05, 0.1) is 29.9 Å². The van der Waals surface area contributed by atoms with Crippen molar-refractivity contribution in [3.8, 4) is 5.75 Å². The second-order valence-electron chi connectivity index (χ2n) is 7.73. The van der Waals surface area contributed by atoms with Crippen LogP contribution in [0.1, 0.15) is 15.9 Å². The van der Waals surface area contributed by atoms with Crippen LogP contribution in [0.2, 0.25) is 0 Å². The number of nitrogens with one attached hydrogen (secondary N) is 1. The number of piperazine rings is 1. The van der Waals surface area contributed by atoms with Gasteiger partial charge >= 0.3 is 6.18 Å². The molecule has 13 heteroatoms. The van der Waals surface area contributed by atoms with Crippen molar-refractivity contribution in [3.63, 3.8) is 0 Å². The van der Waals surface area contributed by atoms with Gasteiger partial charge in [0.1, 0.15) is 11.6 Å². The van der Waals surface area contributed by atoms with Gasteiger partial charge in [0, 0.05) is 45.4 Å². The smallest absolute Gasteiger partial charge is 0.416 e. The third kappa shape index (κ3) is 6.41. The first-order chi connectivity index (χ1) is 16.5. The highest BCUT2D eigenvalue weighted by atomic mass is 32.2. The summed E-state index contributed by atoms with van der Waals surface area (Å²) in [6, 6.07) is 6.12. The van der Waals surface area contributed by atoms with E-state index in [1.54, 1.807) is 0 Å². The van der Waals surface area contributed by atoms with Gasteiger partial charge in [0.25, 0.3) is 5.91 Å². The molecule has 0 aliphatic carbocycles. The first kappa shape index (κ1) is 26.7. The number of anilines is 1. The second-order valence-corrected chi connectivity index (χ2v) is 9.50. The summed E-state index contributed by atoms with van der Waals surface area (Å²) in [6.07, 6.45) is -4.78. The highest BCUT2D eigenvalue weighted by molar-refractivity contribution is 7.89. The number of rotatable bonds is 8. The molecule has 2 aromatic rings. The van der Waals surface area contributed by atoms with Gasteiger partial charge in [-0.2, -0.15) is 13.2 Å². The molecule has 8 nitrogen and oxygen atoms in total. The van der Waals surface area contributed by atoms with Crippen LogP contribution in [0.15, 0.2) is 41.3 Å². The lowest BCUT2D eigenvalue weighted by atomic mass is 10.1. The van der Waals surface area contributed by atoms with E-state index in [4.69, 9.17) is 9.47 Å². The molecular formula is C22H25F4N3O5S. The fourth-order valence-corrected chi connectivity index (χ4v) is 4.69. The zero-order chi connectivity index (χ0) is 25.8. The first-order valence-electron chi connectivity index (χ1n) is 10.5. The van der Waals surface area contributed by atoms with Gasteiger partial charge < -0.3 is 19.3 Å². The van der Waals surface area contributed by atoms with Crippen LogP contribution in [-0.2, 0) is 20.9 Å². The van der Waals surface area contributed by atoms with Crippen molar-refractivity contribution in [1.29, 1.82) is 0 Å². The Morgan fingerprint density at radius 3 is 2.34 bits per heavy atom. The number of nitrogens with zero attached hydrogens (tertiary/aromatic N) is 2. The molecule has 0 spiro atoms. The monoisotopic (exact) mass is 519 g/mol. The molecule has 0 atom stereocenters. The average Bonchev–Trinajstić information content (AvgIpc) is 2.82. The molecule has 1 N–H and O–H groups in total. The fourth-order valence-electron chi connectivity index (χ4n) is 3.66.